The van der Waals surface area contributed by atoms with Crippen molar-refractivity contribution in [3.63, 3.8) is 0 Å². The van der Waals surface area contributed by atoms with Gasteiger partial charge in [-0.2, -0.15) is 0 Å². The van der Waals surface area contributed by atoms with Gasteiger partial charge in [-0.05, 0) is 55.3 Å². The molecule has 10 heteroatoms. The molecule has 2 amide bonds. The number of aromatic nitrogens is 1. The number of amides is 2. The highest BCUT2D eigenvalue weighted by atomic mass is 16.7. The molecule has 3 atom stereocenters. The van der Waals surface area contributed by atoms with E-state index in [1.807, 2.05) is 72.9 Å². The quantitative estimate of drug-likeness (QED) is 0.127. The highest BCUT2D eigenvalue weighted by Gasteiger charge is 2.32. The smallest absolute Gasteiger partial charge is 0.243 e. The number of unbranched alkanes of at least 4 members (excludes halogenated alkanes) is 1. The molecule has 2 heterocycles. The fourth-order valence-corrected chi connectivity index (χ4v) is 4.90. The van der Waals surface area contributed by atoms with E-state index in [0.29, 0.717) is 24.9 Å². The lowest BCUT2D eigenvalue weighted by molar-refractivity contribution is -0.252. The van der Waals surface area contributed by atoms with Crippen molar-refractivity contribution >= 4 is 17.5 Å². The predicted molar refractivity (Wildman–Crippen MR) is 157 cm³/mol. The Hall–Kier alpha value is -3.67. The van der Waals surface area contributed by atoms with E-state index in [9.17, 15) is 14.7 Å². The Balaban J connectivity index is 1.38. The van der Waals surface area contributed by atoms with Crippen molar-refractivity contribution in [3.05, 3.63) is 95.3 Å². The second-order valence-electron chi connectivity index (χ2n) is 10.6. The maximum atomic E-state index is 12.3. The highest BCUT2D eigenvalue weighted by Crippen LogP contribution is 2.38. The summed E-state index contributed by atoms with van der Waals surface area (Å²) in [4.78, 5) is 30.1. The molecule has 0 bridgehead atoms. The Morgan fingerprint density at radius 3 is 2.33 bits per heavy atom. The van der Waals surface area contributed by atoms with Crippen LogP contribution in [0, 0.1) is 0 Å². The minimum Gasteiger partial charge on any atom is -0.392 e. The third-order valence-corrected chi connectivity index (χ3v) is 7.26. The number of likely N-dealkylation sites (N-methyl/N-ethyl adjacent to an activating group) is 1. The molecule has 1 aliphatic rings. The van der Waals surface area contributed by atoms with Crippen LogP contribution in [-0.4, -0.2) is 58.3 Å². The topological polar surface area (TPSA) is 133 Å². The zero-order chi connectivity index (χ0) is 29.7. The van der Waals surface area contributed by atoms with E-state index in [4.69, 9.17) is 14.7 Å². The van der Waals surface area contributed by atoms with Gasteiger partial charge in [-0.25, -0.2) is 5.48 Å². The lowest BCUT2D eigenvalue weighted by Gasteiger charge is -2.38. The number of nitrogens with zero attached hydrogens (tertiary/aromatic N) is 2. The van der Waals surface area contributed by atoms with Crippen LogP contribution >= 0.6 is 0 Å². The number of carbonyl (C=O) groups is 2. The molecule has 0 radical (unpaired) electrons. The average Bonchev–Trinajstić information content (AvgIpc) is 3.02. The third-order valence-electron chi connectivity index (χ3n) is 7.26. The van der Waals surface area contributed by atoms with Crippen molar-refractivity contribution in [2.45, 2.75) is 63.6 Å². The van der Waals surface area contributed by atoms with Crippen molar-refractivity contribution < 1.29 is 29.4 Å². The van der Waals surface area contributed by atoms with Crippen molar-refractivity contribution in [1.82, 2.24) is 15.4 Å². The molecular formula is C32H40N4O6. The molecule has 0 unspecified atom stereocenters. The zero-order valence-electron chi connectivity index (χ0n) is 23.9. The van der Waals surface area contributed by atoms with Crippen molar-refractivity contribution in [2.75, 3.05) is 25.5 Å². The first kappa shape index (κ1) is 31.3. The molecular weight excluding hydrogens is 536 g/mol. The minimum absolute atomic E-state index is 0.00894. The van der Waals surface area contributed by atoms with E-state index < -0.39 is 12.2 Å². The molecule has 1 aromatic heterocycles. The lowest BCUT2D eigenvalue weighted by atomic mass is 9.99. The Bertz CT molecular complexity index is 1260. The summed E-state index contributed by atoms with van der Waals surface area (Å²) in [5, 5.41) is 20.9. The van der Waals surface area contributed by atoms with E-state index in [2.05, 4.69) is 22.2 Å². The number of pyridine rings is 1. The maximum Gasteiger partial charge on any atom is 0.243 e. The Kier molecular flexibility index (Phi) is 12.0. The van der Waals surface area contributed by atoms with Crippen LogP contribution in [0.5, 0.6) is 0 Å². The summed E-state index contributed by atoms with van der Waals surface area (Å²) in [5.74, 6) is -0.599. The molecule has 0 aliphatic carbocycles. The van der Waals surface area contributed by atoms with E-state index in [0.717, 1.165) is 41.9 Å². The maximum absolute atomic E-state index is 12.3. The summed E-state index contributed by atoms with van der Waals surface area (Å²) in [5.41, 5.74) is 6.03. The fraction of sp³-hybridized carbons (Fsp3) is 0.406. The monoisotopic (exact) mass is 576 g/mol. The van der Waals surface area contributed by atoms with Crippen LogP contribution in [-0.2, 0) is 32.1 Å². The van der Waals surface area contributed by atoms with Gasteiger partial charge < -0.3 is 24.8 Å². The van der Waals surface area contributed by atoms with Gasteiger partial charge in [0.05, 0.1) is 18.8 Å². The average molecular weight is 577 g/mol. The SMILES string of the molecule is CN(CCc1ccccn1)C[C@@H]1C[C@H](c2ccc(CO)cc2)O[C@H](c2ccc(NC(=O)CCCCC(=O)NO)cc2)O1. The number of ether oxygens (including phenoxy) is 2. The Morgan fingerprint density at radius 1 is 0.952 bits per heavy atom. The first-order valence-electron chi connectivity index (χ1n) is 14.4. The van der Waals surface area contributed by atoms with Crippen LogP contribution in [0.15, 0.2) is 72.9 Å². The largest absolute Gasteiger partial charge is 0.392 e. The van der Waals surface area contributed by atoms with Gasteiger partial charge in [0.25, 0.3) is 0 Å². The zero-order valence-corrected chi connectivity index (χ0v) is 23.9. The number of carbonyl (C=O) groups excluding carboxylic acids is 2. The van der Waals surface area contributed by atoms with Crippen molar-refractivity contribution in [2.24, 2.45) is 0 Å². The molecule has 0 spiro atoms. The van der Waals surface area contributed by atoms with Gasteiger partial charge in [-0.1, -0.05) is 42.5 Å². The number of nitrogens with one attached hydrogen (secondary N) is 2. The van der Waals surface area contributed by atoms with Crippen LogP contribution in [0.1, 0.15) is 66.9 Å². The van der Waals surface area contributed by atoms with Crippen LogP contribution < -0.4 is 10.8 Å². The number of aliphatic hydroxyl groups excluding tert-OH is 1. The predicted octanol–water partition coefficient (Wildman–Crippen LogP) is 4.30. The number of aliphatic hydroxyl groups is 1. The number of hydrogen-bond donors (Lipinski definition) is 4. The van der Waals surface area contributed by atoms with Gasteiger partial charge in [-0.3, -0.25) is 19.8 Å². The number of hydrogen-bond acceptors (Lipinski definition) is 8. The van der Waals surface area contributed by atoms with Gasteiger partial charge in [-0.15, -0.1) is 0 Å². The van der Waals surface area contributed by atoms with Crippen LogP contribution in [0.25, 0.3) is 0 Å². The summed E-state index contributed by atoms with van der Waals surface area (Å²) in [6.45, 7) is 1.57. The molecule has 224 valence electrons. The molecule has 2 aromatic carbocycles. The minimum atomic E-state index is -0.585. The standard InChI is InChI=1S/C32H40N4O6/c1-36(19-17-26-6-4-5-18-33-26)21-28-20-29(24-11-9-23(22-37)10-12-24)42-32(41-28)25-13-15-27(16-14-25)34-30(38)7-2-3-8-31(39)35-40/h4-6,9-16,18,28-29,32,37,40H,2-3,7-8,17,19-22H2,1H3,(H,34,38)(H,35,39)/t28-,29+,32+/m0/s1. The van der Waals surface area contributed by atoms with Gasteiger partial charge in [0.1, 0.15) is 0 Å². The van der Waals surface area contributed by atoms with Crippen LogP contribution in [0.2, 0.25) is 0 Å². The van der Waals surface area contributed by atoms with Crippen molar-refractivity contribution in [1.29, 1.82) is 0 Å². The van der Waals surface area contributed by atoms with Crippen LogP contribution in [0.4, 0.5) is 5.69 Å². The fourth-order valence-electron chi connectivity index (χ4n) is 4.90. The molecule has 42 heavy (non-hydrogen) atoms. The molecule has 3 aromatic rings. The lowest BCUT2D eigenvalue weighted by Crippen LogP contribution is -2.38. The first-order chi connectivity index (χ1) is 20.4. The Morgan fingerprint density at radius 2 is 1.67 bits per heavy atom. The Labute approximate surface area is 246 Å². The highest BCUT2D eigenvalue weighted by molar-refractivity contribution is 5.90. The molecule has 10 nitrogen and oxygen atoms in total. The molecule has 1 aliphatic heterocycles. The normalized spacial score (nSPS) is 18.5. The second kappa shape index (κ2) is 16.1. The van der Waals surface area contributed by atoms with Crippen molar-refractivity contribution in [3.8, 4) is 0 Å². The summed E-state index contributed by atoms with van der Waals surface area (Å²) in [6.07, 6.45) is 4.02. The molecule has 1 saturated heterocycles. The number of hydroxylamine groups is 1. The molecule has 1 fully saturated rings. The number of rotatable bonds is 14. The summed E-state index contributed by atoms with van der Waals surface area (Å²) >= 11 is 0. The summed E-state index contributed by atoms with van der Waals surface area (Å²) in [6, 6.07) is 21.2. The summed E-state index contributed by atoms with van der Waals surface area (Å²) in [7, 11) is 2.08. The van der Waals surface area contributed by atoms with Gasteiger partial charge >= 0.3 is 0 Å². The number of anilines is 1. The van der Waals surface area contributed by atoms with E-state index >= 15 is 0 Å². The van der Waals surface area contributed by atoms with Crippen LogP contribution in [0.3, 0.4) is 0 Å². The van der Waals surface area contributed by atoms with Gasteiger partial charge in [0, 0.05) is 61.9 Å². The molecule has 0 saturated carbocycles. The molecule has 4 rings (SSSR count). The third kappa shape index (κ3) is 9.71. The van der Waals surface area contributed by atoms with Gasteiger partial charge in [0.15, 0.2) is 6.29 Å². The molecule has 4 N–H and O–H groups in total. The van der Waals surface area contributed by atoms with E-state index in [1.54, 1.807) is 5.48 Å². The van der Waals surface area contributed by atoms with Gasteiger partial charge in [0.2, 0.25) is 11.8 Å². The second-order valence-corrected chi connectivity index (χ2v) is 10.6. The van der Waals surface area contributed by atoms with E-state index in [-0.39, 0.29) is 37.6 Å². The first-order valence-corrected chi connectivity index (χ1v) is 14.4. The number of benzene rings is 2. The van der Waals surface area contributed by atoms with E-state index in [1.165, 1.54) is 0 Å². The summed E-state index contributed by atoms with van der Waals surface area (Å²) < 4.78 is 12.9.